The highest BCUT2D eigenvalue weighted by Gasteiger charge is 2.47. The summed E-state index contributed by atoms with van der Waals surface area (Å²) in [5.41, 5.74) is -1.59. The third-order valence-electron chi connectivity index (χ3n) is 3.80. The Hall–Kier alpha value is -2.21. The molecule has 0 amide bonds. The summed E-state index contributed by atoms with van der Waals surface area (Å²) in [4.78, 5) is 0. The number of rotatable bonds is 2. The maximum atomic E-state index is 14.2. The largest absolute Gasteiger partial charge is 0.207 e. The van der Waals surface area contributed by atoms with Crippen LogP contribution in [0.3, 0.4) is 0 Å². The second-order valence-electron chi connectivity index (χ2n) is 5.03. The Balaban J connectivity index is 2.76. The molecule has 1 aliphatic rings. The lowest BCUT2D eigenvalue weighted by atomic mass is 9.59. The maximum absolute atomic E-state index is 14.2. The molecule has 0 heterocycles. The van der Waals surface area contributed by atoms with Crippen molar-refractivity contribution in [2.24, 2.45) is 5.41 Å². The smallest absolute Gasteiger partial charge is 0.130 e. The van der Waals surface area contributed by atoms with Crippen LogP contribution in [-0.4, -0.2) is 0 Å². The summed E-state index contributed by atoms with van der Waals surface area (Å²) in [6.07, 6.45) is 10.6. The maximum Gasteiger partial charge on any atom is 0.130 e. The molecule has 2 rings (SSSR count). The number of nitriles is 1. The van der Waals surface area contributed by atoms with Crippen molar-refractivity contribution >= 4 is 0 Å². The number of halogens is 2. The van der Waals surface area contributed by atoms with Crippen LogP contribution in [-0.2, 0) is 5.41 Å². The second-order valence-corrected chi connectivity index (χ2v) is 5.03. The summed E-state index contributed by atoms with van der Waals surface area (Å²) in [5, 5.41) is 9.55. The van der Waals surface area contributed by atoms with Gasteiger partial charge in [0.15, 0.2) is 0 Å². The van der Waals surface area contributed by atoms with Crippen molar-refractivity contribution < 1.29 is 8.78 Å². The van der Waals surface area contributed by atoms with Gasteiger partial charge in [0.05, 0.1) is 16.9 Å². The Morgan fingerprint density at radius 3 is 2.50 bits per heavy atom. The van der Waals surface area contributed by atoms with E-state index < -0.39 is 22.5 Å². The number of benzene rings is 1. The van der Waals surface area contributed by atoms with Crippen molar-refractivity contribution in [2.45, 2.75) is 19.3 Å². The van der Waals surface area contributed by atoms with Gasteiger partial charge in [-0.2, -0.15) is 5.26 Å². The van der Waals surface area contributed by atoms with Crippen LogP contribution in [0.2, 0.25) is 0 Å². The molecule has 1 aromatic carbocycles. The fourth-order valence-electron chi connectivity index (χ4n) is 2.67. The summed E-state index contributed by atoms with van der Waals surface area (Å²) in [6.45, 7) is 3.56. The molecule has 102 valence electrons. The molecular formula is C17H15F2N. The van der Waals surface area contributed by atoms with Crippen molar-refractivity contribution in [3.63, 3.8) is 0 Å². The molecule has 1 aromatic rings. The highest BCUT2D eigenvalue weighted by atomic mass is 19.1. The summed E-state index contributed by atoms with van der Waals surface area (Å²) < 4.78 is 27.4. The van der Waals surface area contributed by atoms with E-state index in [0.717, 1.165) is 6.07 Å². The third-order valence-corrected chi connectivity index (χ3v) is 3.80. The zero-order valence-electron chi connectivity index (χ0n) is 11.4. The van der Waals surface area contributed by atoms with Gasteiger partial charge in [-0.25, -0.2) is 8.78 Å². The van der Waals surface area contributed by atoms with Gasteiger partial charge in [0, 0.05) is 11.6 Å². The van der Waals surface area contributed by atoms with Crippen LogP contribution >= 0.6 is 0 Å². The molecule has 0 aliphatic heterocycles. The highest BCUT2D eigenvalue weighted by molar-refractivity contribution is 5.49. The van der Waals surface area contributed by atoms with Crippen molar-refractivity contribution in [2.75, 3.05) is 0 Å². The Bertz CT molecular complexity index is 651. The van der Waals surface area contributed by atoms with Crippen LogP contribution in [0.25, 0.3) is 0 Å². The van der Waals surface area contributed by atoms with Crippen LogP contribution in [0.5, 0.6) is 0 Å². The van der Waals surface area contributed by atoms with Crippen LogP contribution in [0.4, 0.5) is 8.78 Å². The number of nitrogens with zero attached hydrogens (tertiary/aromatic N) is 1. The van der Waals surface area contributed by atoms with Gasteiger partial charge in [-0.3, -0.25) is 0 Å². The Morgan fingerprint density at radius 1 is 1.20 bits per heavy atom. The molecule has 0 bridgehead atoms. The van der Waals surface area contributed by atoms with E-state index in [2.05, 4.69) is 6.07 Å². The first-order valence-corrected chi connectivity index (χ1v) is 6.37. The van der Waals surface area contributed by atoms with Gasteiger partial charge in [0.2, 0.25) is 0 Å². The first kappa shape index (κ1) is 14.2. The van der Waals surface area contributed by atoms with Crippen molar-refractivity contribution in [3.05, 3.63) is 71.9 Å². The van der Waals surface area contributed by atoms with Crippen LogP contribution in [0.15, 0.2) is 54.7 Å². The van der Waals surface area contributed by atoms with Crippen LogP contribution in [0.1, 0.15) is 19.4 Å². The Kier molecular flexibility index (Phi) is 3.59. The molecule has 0 saturated carbocycles. The molecule has 0 radical (unpaired) electrons. The molecule has 0 aromatic heterocycles. The molecular weight excluding hydrogens is 256 g/mol. The Labute approximate surface area is 117 Å². The van der Waals surface area contributed by atoms with Crippen LogP contribution < -0.4 is 0 Å². The van der Waals surface area contributed by atoms with E-state index in [1.54, 1.807) is 43.4 Å². The number of hydrogen-bond acceptors (Lipinski definition) is 1. The molecule has 20 heavy (non-hydrogen) atoms. The molecule has 1 nitrogen and oxygen atoms in total. The minimum Gasteiger partial charge on any atom is -0.207 e. The topological polar surface area (TPSA) is 23.8 Å². The quantitative estimate of drug-likeness (QED) is 0.730. The fourth-order valence-corrected chi connectivity index (χ4v) is 2.67. The van der Waals surface area contributed by atoms with Crippen molar-refractivity contribution in [1.82, 2.24) is 0 Å². The van der Waals surface area contributed by atoms with E-state index in [9.17, 15) is 14.0 Å². The average molecular weight is 271 g/mol. The molecule has 0 fully saturated rings. The third kappa shape index (κ3) is 1.98. The molecule has 0 spiro atoms. The van der Waals surface area contributed by atoms with Gasteiger partial charge < -0.3 is 0 Å². The molecule has 2 atom stereocenters. The summed E-state index contributed by atoms with van der Waals surface area (Å²) in [6, 6.07) is 5.72. The summed E-state index contributed by atoms with van der Waals surface area (Å²) in [5.74, 6) is -1.28. The van der Waals surface area contributed by atoms with E-state index in [0.29, 0.717) is 5.56 Å². The van der Waals surface area contributed by atoms with Crippen molar-refractivity contribution in [3.8, 4) is 6.07 Å². The SMILES string of the molecule is CC=CC1(c2ccc(F)cc2F)C=CC=CC1(C)C#N. The van der Waals surface area contributed by atoms with Gasteiger partial charge >= 0.3 is 0 Å². The van der Waals surface area contributed by atoms with E-state index in [1.165, 1.54) is 12.1 Å². The average Bonchev–Trinajstić information content (AvgIpc) is 2.42. The van der Waals surface area contributed by atoms with Crippen molar-refractivity contribution in [1.29, 1.82) is 5.26 Å². The van der Waals surface area contributed by atoms with Gasteiger partial charge in [0.25, 0.3) is 0 Å². The first-order valence-electron chi connectivity index (χ1n) is 6.37. The minimum atomic E-state index is -0.941. The summed E-state index contributed by atoms with van der Waals surface area (Å²) >= 11 is 0. The molecule has 0 N–H and O–H groups in total. The first-order chi connectivity index (χ1) is 9.49. The molecule has 1 aliphatic carbocycles. The van der Waals surface area contributed by atoms with E-state index >= 15 is 0 Å². The standard InChI is InChI=1S/C17H15F2N/c1-3-8-17(10-5-4-9-16(17,2)12-20)14-7-6-13(18)11-15(14)19/h3-11H,1-2H3. The predicted octanol–water partition coefficient (Wildman–Crippen LogP) is 4.43. The summed E-state index contributed by atoms with van der Waals surface area (Å²) in [7, 11) is 0. The van der Waals surface area contributed by atoms with E-state index in [-0.39, 0.29) is 0 Å². The Morgan fingerprint density at radius 2 is 1.90 bits per heavy atom. The molecule has 2 unspecified atom stereocenters. The lowest BCUT2D eigenvalue weighted by Gasteiger charge is -2.41. The molecule has 0 saturated heterocycles. The number of allylic oxidation sites excluding steroid dienone is 6. The van der Waals surface area contributed by atoms with E-state index in [4.69, 9.17) is 0 Å². The zero-order chi connectivity index (χ0) is 14.8. The second kappa shape index (κ2) is 5.05. The molecule has 3 heteroatoms. The predicted molar refractivity (Wildman–Crippen MR) is 74.9 cm³/mol. The van der Waals surface area contributed by atoms with Gasteiger partial charge in [-0.05, 0) is 19.9 Å². The van der Waals surface area contributed by atoms with Gasteiger partial charge in [-0.1, -0.05) is 42.5 Å². The lowest BCUT2D eigenvalue weighted by molar-refractivity contribution is 0.383. The highest BCUT2D eigenvalue weighted by Crippen LogP contribution is 2.48. The minimum absolute atomic E-state index is 0.293. The lowest BCUT2D eigenvalue weighted by Crippen LogP contribution is -2.40. The fraction of sp³-hybridized carbons (Fsp3) is 0.235. The number of hydrogen-bond donors (Lipinski definition) is 0. The van der Waals surface area contributed by atoms with Gasteiger partial charge in [0.1, 0.15) is 11.6 Å². The monoisotopic (exact) mass is 271 g/mol. The zero-order valence-corrected chi connectivity index (χ0v) is 11.4. The van der Waals surface area contributed by atoms with Gasteiger partial charge in [-0.15, -0.1) is 0 Å². The normalized spacial score (nSPS) is 28.8. The van der Waals surface area contributed by atoms with E-state index in [1.807, 2.05) is 6.92 Å². The van der Waals surface area contributed by atoms with Crippen LogP contribution in [0, 0.1) is 28.4 Å².